The lowest BCUT2D eigenvalue weighted by Gasteiger charge is -2.21. The average molecular weight is 299 g/mol. The zero-order valence-corrected chi connectivity index (χ0v) is 11.8. The number of ether oxygens (including phenoxy) is 2. The lowest BCUT2D eigenvalue weighted by atomic mass is 10.0. The largest absolute Gasteiger partial charge is 0.467 e. The van der Waals surface area contributed by atoms with Crippen molar-refractivity contribution in [2.45, 2.75) is 45.3 Å². The maximum Gasteiger partial charge on any atom is 0.407 e. The number of rotatable bonds is 7. The first-order valence-corrected chi connectivity index (χ1v) is 6.30. The number of methoxy groups -OCH3 is 1. The highest BCUT2D eigenvalue weighted by atomic mass is 19.4. The Balaban J connectivity index is 4.50. The fourth-order valence-electron chi connectivity index (χ4n) is 1.34. The van der Waals surface area contributed by atoms with E-state index < -0.39 is 36.6 Å². The normalized spacial score (nSPS) is 14.3. The van der Waals surface area contributed by atoms with Gasteiger partial charge in [-0.1, -0.05) is 20.3 Å². The standard InChI is InChI=1S/C12H20F3NO4/c1-4-5-6-20-11(18)16-9(10(17)19-3)7-8(2)12(13,14)15/h8-9H,4-7H2,1-3H3,(H,16,18)/t8-,9+/m0/s1. The number of esters is 1. The third-order valence-corrected chi connectivity index (χ3v) is 2.66. The molecule has 0 radical (unpaired) electrons. The van der Waals surface area contributed by atoms with Crippen molar-refractivity contribution in [1.29, 1.82) is 0 Å². The van der Waals surface area contributed by atoms with Crippen LogP contribution in [0.2, 0.25) is 0 Å². The number of hydrogen-bond acceptors (Lipinski definition) is 4. The van der Waals surface area contributed by atoms with Gasteiger partial charge in [0.2, 0.25) is 0 Å². The molecular weight excluding hydrogens is 279 g/mol. The molecule has 0 spiro atoms. The molecule has 20 heavy (non-hydrogen) atoms. The molecule has 0 saturated carbocycles. The van der Waals surface area contributed by atoms with Gasteiger partial charge in [0.25, 0.3) is 0 Å². The number of halogens is 3. The van der Waals surface area contributed by atoms with Crippen molar-refractivity contribution < 1.29 is 32.2 Å². The molecule has 0 saturated heterocycles. The van der Waals surface area contributed by atoms with Crippen LogP contribution in [0.3, 0.4) is 0 Å². The molecule has 118 valence electrons. The fraction of sp³-hybridized carbons (Fsp3) is 0.833. The van der Waals surface area contributed by atoms with Crippen LogP contribution in [-0.4, -0.2) is 38.0 Å². The molecule has 0 aromatic heterocycles. The van der Waals surface area contributed by atoms with Crippen LogP contribution in [0, 0.1) is 5.92 Å². The van der Waals surface area contributed by atoms with Crippen LogP contribution in [0.25, 0.3) is 0 Å². The van der Waals surface area contributed by atoms with Gasteiger partial charge in [0, 0.05) is 0 Å². The number of alkyl halides is 3. The van der Waals surface area contributed by atoms with Crippen molar-refractivity contribution in [1.82, 2.24) is 5.32 Å². The van der Waals surface area contributed by atoms with Gasteiger partial charge in [-0.15, -0.1) is 0 Å². The predicted octanol–water partition coefficient (Wildman–Crippen LogP) is 2.64. The van der Waals surface area contributed by atoms with Gasteiger partial charge >= 0.3 is 18.2 Å². The molecule has 0 aliphatic carbocycles. The maximum absolute atomic E-state index is 12.5. The van der Waals surface area contributed by atoms with Gasteiger partial charge in [0.05, 0.1) is 19.6 Å². The van der Waals surface area contributed by atoms with Crippen molar-refractivity contribution in [3.8, 4) is 0 Å². The zero-order chi connectivity index (χ0) is 15.8. The highest BCUT2D eigenvalue weighted by Gasteiger charge is 2.39. The van der Waals surface area contributed by atoms with E-state index in [2.05, 4.69) is 10.1 Å². The van der Waals surface area contributed by atoms with Crippen molar-refractivity contribution >= 4 is 12.1 Å². The van der Waals surface area contributed by atoms with Crippen molar-refractivity contribution in [3.63, 3.8) is 0 Å². The molecule has 2 atom stereocenters. The van der Waals surface area contributed by atoms with Crippen molar-refractivity contribution in [2.75, 3.05) is 13.7 Å². The summed E-state index contributed by atoms with van der Waals surface area (Å²) in [5.74, 6) is -2.68. The number of alkyl carbamates (subject to hydrolysis) is 1. The number of carbonyl (C=O) groups is 2. The van der Waals surface area contributed by atoms with E-state index in [1.54, 1.807) is 0 Å². The van der Waals surface area contributed by atoms with Crippen molar-refractivity contribution in [3.05, 3.63) is 0 Å². The summed E-state index contributed by atoms with van der Waals surface area (Å²) >= 11 is 0. The summed E-state index contributed by atoms with van der Waals surface area (Å²) in [6, 6.07) is -1.38. The highest BCUT2D eigenvalue weighted by molar-refractivity contribution is 5.81. The lowest BCUT2D eigenvalue weighted by Crippen LogP contribution is -2.44. The van der Waals surface area contributed by atoms with E-state index in [0.717, 1.165) is 20.5 Å². The van der Waals surface area contributed by atoms with Crippen LogP contribution in [-0.2, 0) is 14.3 Å². The van der Waals surface area contributed by atoms with E-state index in [9.17, 15) is 22.8 Å². The minimum atomic E-state index is -4.44. The number of unbranched alkanes of at least 4 members (excludes halogenated alkanes) is 1. The number of hydrogen-bond donors (Lipinski definition) is 1. The smallest absolute Gasteiger partial charge is 0.407 e. The Labute approximate surface area is 115 Å². The second-order valence-corrected chi connectivity index (χ2v) is 4.39. The molecule has 0 aromatic rings. The second-order valence-electron chi connectivity index (χ2n) is 4.39. The molecule has 0 aliphatic rings. The van der Waals surface area contributed by atoms with E-state index >= 15 is 0 Å². The third-order valence-electron chi connectivity index (χ3n) is 2.66. The minimum absolute atomic E-state index is 0.144. The Morgan fingerprint density at radius 3 is 2.35 bits per heavy atom. The summed E-state index contributed by atoms with van der Waals surface area (Å²) < 4.78 is 46.5. The summed E-state index contributed by atoms with van der Waals surface area (Å²) in [6.45, 7) is 2.97. The topological polar surface area (TPSA) is 64.6 Å². The van der Waals surface area contributed by atoms with Gasteiger partial charge in [-0.25, -0.2) is 9.59 Å². The monoisotopic (exact) mass is 299 g/mol. The number of amides is 1. The van der Waals surface area contributed by atoms with Crippen LogP contribution in [0.4, 0.5) is 18.0 Å². The average Bonchev–Trinajstić information content (AvgIpc) is 2.36. The Hall–Kier alpha value is -1.47. The van der Waals surface area contributed by atoms with Gasteiger partial charge in [0.15, 0.2) is 0 Å². The molecule has 0 rings (SSSR count). The first kappa shape index (κ1) is 18.5. The lowest BCUT2D eigenvalue weighted by molar-refractivity contribution is -0.174. The Bertz CT molecular complexity index is 320. The molecule has 0 heterocycles. The first-order valence-electron chi connectivity index (χ1n) is 6.30. The molecule has 0 fully saturated rings. The fourth-order valence-corrected chi connectivity index (χ4v) is 1.34. The molecule has 8 heteroatoms. The quantitative estimate of drug-likeness (QED) is 0.580. The maximum atomic E-state index is 12.5. The summed E-state index contributed by atoms with van der Waals surface area (Å²) in [6.07, 6.45) is -4.53. The van der Waals surface area contributed by atoms with Gasteiger partial charge in [0.1, 0.15) is 6.04 Å². The molecule has 0 unspecified atom stereocenters. The Morgan fingerprint density at radius 1 is 1.30 bits per heavy atom. The van der Waals surface area contributed by atoms with Crippen LogP contribution >= 0.6 is 0 Å². The molecular formula is C12H20F3NO4. The zero-order valence-electron chi connectivity index (χ0n) is 11.8. The van der Waals surface area contributed by atoms with E-state index in [-0.39, 0.29) is 6.61 Å². The molecule has 0 bridgehead atoms. The first-order chi connectivity index (χ1) is 9.22. The second kappa shape index (κ2) is 8.65. The van der Waals surface area contributed by atoms with E-state index in [1.807, 2.05) is 6.92 Å². The van der Waals surface area contributed by atoms with E-state index in [1.165, 1.54) is 0 Å². The van der Waals surface area contributed by atoms with Crippen LogP contribution in [0.1, 0.15) is 33.1 Å². The number of nitrogens with one attached hydrogen (secondary N) is 1. The van der Waals surface area contributed by atoms with Crippen LogP contribution < -0.4 is 5.32 Å². The van der Waals surface area contributed by atoms with E-state index in [4.69, 9.17) is 4.74 Å². The van der Waals surface area contributed by atoms with E-state index in [0.29, 0.717) is 6.42 Å². The summed E-state index contributed by atoms with van der Waals surface area (Å²) in [7, 11) is 1.04. The van der Waals surface area contributed by atoms with Crippen LogP contribution in [0.5, 0.6) is 0 Å². The van der Waals surface area contributed by atoms with Gasteiger partial charge in [-0.05, 0) is 12.8 Å². The summed E-state index contributed by atoms with van der Waals surface area (Å²) in [5.41, 5.74) is 0. The predicted molar refractivity (Wildman–Crippen MR) is 65.0 cm³/mol. The minimum Gasteiger partial charge on any atom is -0.467 e. The molecule has 1 amide bonds. The van der Waals surface area contributed by atoms with Crippen molar-refractivity contribution in [2.24, 2.45) is 5.92 Å². The Morgan fingerprint density at radius 2 is 1.90 bits per heavy atom. The molecule has 0 aromatic carbocycles. The van der Waals surface area contributed by atoms with Gasteiger partial charge in [-0.2, -0.15) is 13.2 Å². The van der Waals surface area contributed by atoms with Gasteiger partial charge in [-0.3, -0.25) is 0 Å². The third kappa shape index (κ3) is 7.20. The molecule has 5 nitrogen and oxygen atoms in total. The Kier molecular flexibility index (Phi) is 8.02. The summed E-state index contributed by atoms with van der Waals surface area (Å²) in [4.78, 5) is 22.7. The SMILES string of the molecule is CCCCOC(=O)N[C@H](C[C@H](C)C(F)(F)F)C(=O)OC. The van der Waals surface area contributed by atoms with Gasteiger partial charge < -0.3 is 14.8 Å². The molecule has 1 N–H and O–H groups in total. The van der Waals surface area contributed by atoms with Crippen LogP contribution in [0.15, 0.2) is 0 Å². The molecule has 0 aliphatic heterocycles. The summed E-state index contributed by atoms with van der Waals surface area (Å²) in [5, 5.41) is 2.09. The number of carbonyl (C=O) groups excluding carboxylic acids is 2. The highest BCUT2D eigenvalue weighted by Crippen LogP contribution is 2.29.